The number of aliphatic imine (C=N–C) groups is 1. The highest BCUT2D eigenvalue weighted by Crippen LogP contribution is 2.25. The largest absolute Gasteiger partial charge is 0.368 e. The van der Waals surface area contributed by atoms with Gasteiger partial charge < -0.3 is 16.0 Å². The molecule has 0 fully saturated rings. The molecule has 3 N–H and O–H groups in total. The monoisotopic (exact) mass is 547 g/mol. The quantitative estimate of drug-likeness (QED) is 0.233. The van der Waals surface area contributed by atoms with E-state index < -0.39 is 53.2 Å². The first-order valence-corrected chi connectivity index (χ1v) is 12.2. The Hall–Kier alpha value is -5.06. The summed E-state index contributed by atoms with van der Waals surface area (Å²) >= 11 is 0. The van der Waals surface area contributed by atoms with Gasteiger partial charge in [-0.1, -0.05) is 78.9 Å². The van der Waals surface area contributed by atoms with Crippen molar-refractivity contribution in [2.75, 3.05) is 10.6 Å². The Kier molecular flexibility index (Phi) is 7.54. The van der Waals surface area contributed by atoms with Crippen molar-refractivity contribution in [2.45, 2.75) is 18.6 Å². The number of fused-ring (bicyclic) bond motifs is 1. The van der Waals surface area contributed by atoms with Gasteiger partial charge in [0.15, 0.2) is 0 Å². The smallest absolute Gasteiger partial charge is 0.269 e. The molecule has 1 aliphatic rings. The van der Waals surface area contributed by atoms with Crippen molar-refractivity contribution in [3.05, 3.63) is 125 Å². The molecule has 0 saturated carbocycles. The van der Waals surface area contributed by atoms with E-state index in [1.807, 2.05) is 6.07 Å². The fourth-order valence-corrected chi connectivity index (χ4v) is 4.26. The summed E-state index contributed by atoms with van der Waals surface area (Å²) < 4.78 is 56.5. The molecule has 0 bridgehead atoms. The van der Waals surface area contributed by atoms with E-state index in [2.05, 4.69) is 25.9 Å². The second kappa shape index (κ2) is 11.4. The van der Waals surface area contributed by atoms with E-state index in [-0.39, 0.29) is 6.42 Å². The number of carbonyl (C=O) groups excluding carboxylic acids is 2. The van der Waals surface area contributed by atoms with Gasteiger partial charge in [-0.05, 0) is 11.6 Å². The van der Waals surface area contributed by atoms with Crippen LogP contribution in [-0.2, 0) is 16.0 Å². The Morgan fingerprint density at radius 3 is 2.12 bits per heavy atom. The van der Waals surface area contributed by atoms with Gasteiger partial charge in [0.2, 0.25) is 23.7 Å². The summed E-state index contributed by atoms with van der Waals surface area (Å²) in [5, 5.41) is 7.50. The molecule has 40 heavy (non-hydrogen) atoms. The fourth-order valence-electron chi connectivity index (χ4n) is 4.26. The number of hydrogen-bond acceptors (Lipinski definition) is 5. The summed E-state index contributed by atoms with van der Waals surface area (Å²) in [6.07, 6.45) is -1.60. The van der Waals surface area contributed by atoms with Crippen molar-refractivity contribution in [3.63, 3.8) is 0 Å². The predicted molar refractivity (Wildman–Crippen MR) is 141 cm³/mol. The van der Waals surface area contributed by atoms with Gasteiger partial charge in [0.25, 0.3) is 17.8 Å². The minimum Gasteiger partial charge on any atom is -0.368 e. The zero-order chi connectivity index (χ0) is 28.2. The molecule has 202 valence electrons. The summed E-state index contributed by atoms with van der Waals surface area (Å²) in [6, 6.07) is 22.9. The molecule has 0 aliphatic carbocycles. The van der Waals surface area contributed by atoms with Crippen LogP contribution in [-0.4, -0.2) is 34.7 Å². The number of amides is 2. The van der Waals surface area contributed by atoms with E-state index in [1.165, 1.54) is 0 Å². The molecule has 0 spiro atoms. The van der Waals surface area contributed by atoms with E-state index in [1.54, 1.807) is 78.9 Å². The van der Waals surface area contributed by atoms with Gasteiger partial charge in [-0.2, -0.15) is 22.5 Å². The van der Waals surface area contributed by atoms with E-state index in [4.69, 9.17) is 0 Å². The molecule has 7 nitrogen and oxygen atoms in total. The minimum absolute atomic E-state index is 0.152. The fraction of sp³-hybridized carbons (Fsp3) is 0.103. The van der Waals surface area contributed by atoms with Crippen LogP contribution in [0.3, 0.4) is 0 Å². The minimum atomic E-state index is -1.88. The molecule has 5 rings (SSSR count). The van der Waals surface area contributed by atoms with Crippen LogP contribution < -0.4 is 16.0 Å². The lowest BCUT2D eigenvalue weighted by atomic mass is 10.0. The molecule has 11 heteroatoms. The van der Waals surface area contributed by atoms with Gasteiger partial charge >= 0.3 is 0 Å². The number of carbonyl (C=O) groups is 2. The second-order valence-corrected chi connectivity index (χ2v) is 8.87. The van der Waals surface area contributed by atoms with Crippen LogP contribution in [0, 0.1) is 23.5 Å². The number of pyridine rings is 1. The van der Waals surface area contributed by atoms with Crippen molar-refractivity contribution in [2.24, 2.45) is 4.99 Å². The molecule has 0 saturated heterocycles. The van der Waals surface area contributed by atoms with E-state index in [0.29, 0.717) is 28.1 Å². The number of hydrogen-bond donors (Lipinski definition) is 3. The first-order chi connectivity index (χ1) is 19.3. The highest BCUT2D eigenvalue weighted by molar-refractivity contribution is 6.19. The van der Waals surface area contributed by atoms with E-state index >= 15 is 0 Å². The molecule has 2 atom stereocenters. The first kappa shape index (κ1) is 26.5. The SMILES string of the molecule is O=C(N[C@H]1N=C(c2ccccc2)c2ccccc2NC1=O)[C@H](Cc1ccccc1)Nc1c(F)c(F)nc(F)c1F. The third-order valence-electron chi connectivity index (χ3n) is 6.19. The number of nitrogens with one attached hydrogen (secondary N) is 3. The average molecular weight is 548 g/mol. The van der Waals surface area contributed by atoms with Gasteiger partial charge in [0, 0.05) is 17.5 Å². The standard InChI is InChI=1S/C29H21F4N5O2/c30-21-24(22(31)26(33)37-25(21)32)34-20(15-16-9-3-1-4-10-16)28(39)38-27-29(40)35-19-14-8-7-13-18(19)23(36-27)17-11-5-2-6-12-17/h1-14,20,27H,15H2,(H,34,37)(H,35,40)(H,38,39)/t20-,27+/m0/s1. The molecule has 0 unspecified atom stereocenters. The maximum atomic E-state index is 14.4. The van der Waals surface area contributed by atoms with Crippen LogP contribution >= 0.6 is 0 Å². The zero-order valence-electron chi connectivity index (χ0n) is 20.7. The van der Waals surface area contributed by atoms with Crippen LogP contribution in [0.1, 0.15) is 16.7 Å². The number of nitrogens with zero attached hydrogens (tertiary/aromatic N) is 2. The topological polar surface area (TPSA) is 95.5 Å². The van der Waals surface area contributed by atoms with Crippen molar-refractivity contribution in [3.8, 4) is 0 Å². The van der Waals surface area contributed by atoms with E-state index in [0.717, 1.165) is 0 Å². The summed E-state index contributed by atoms with van der Waals surface area (Å²) in [4.78, 5) is 33.7. The lowest BCUT2D eigenvalue weighted by Crippen LogP contribution is -2.49. The molecular formula is C29H21F4N5O2. The van der Waals surface area contributed by atoms with Crippen LogP contribution in [0.2, 0.25) is 0 Å². The summed E-state index contributed by atoms with van der Waals surface area (Å²) in [7, 11) is 0. The molecular weight excluding hydrogens is 526 g/mol. The summed E-state index contributed by atoms with van der Waals surface area (Å²) in [5.74, 6) is -8.91. The highest BCUT2D eigenvalue weighted by atomic mass is 19.2. The highest BCUT2D eigenvalue weighted by Gasteiger charge is 2.31. The van der Waals surface area contributed by atoms with Crippen molar-refractivity contribution in [1.82, 2.24) is 10.3 Å². The third-order valence-corrected chi connectivity index (χ3v) is 6.19. The first-order valence-electron chi connectivity index (χ1n) is 12.2. The number of halogens is 4. The summed E-state index contributed by atoms with van der Waals surface area (Å²) in [5.41, 5.74) is 1.55. The lowest BCUT2D eigenvalue weighted by molar-refractivity contribution is -0.126. The molecule has 1 aliphatic heterocycles. The van der Waals surface area contributed by atoms with Crippen LogP contribution in [0.25, 0.3) is 0 Å². The number of rotatable bonds is 7. The van der Waals surface area contributed by atoms with Crippen LogP contribution in [0.5, 0.6) is 0 Å². The number of anilines is 2. The number of benzene rings is 3. The number of benzodiazepines with no additional fused rings is 1. The Balaban J connectivity index is 1.50. The predicted octanol–water partition coefficient (Wildman–Crippen LogP) is 4.59. The molecule has 0 radical (unpaired) electrons. The molecule has 2 amide bonds. The van der Waals surface area contributed by atoms with Crippen molar-refractivity contribution < 1.29 is 27.2 Å². The Morgan fingerprint density at radius 1 is 0.850 bits per heavy atom. The number of para-hydroxylation sites is 1. The number of aromatic nitrogens is 1. The van der Waals surface area contributed by atoms with Gasteiger partial charge in [-0.15, -0.1) is 0 Å². The Labute approximate surface area is 226 Å². The van der Waals surface area contributed by atoms with Crippen molar-refractivity contribution >= 4 is 28.9 Å². The van der Waals surface area contributed by atoms with Gasteiger partial charge in [-0.3, -0.25) is 9.59 Å². The normalized spacial score (nSPS) is 15.2. The molecule has 1 aromatic heterocycles. The Bertz CT molecular complexity index is 1570. The van der Waals surface area contributed by atoms with Crippen LogP contribution in [0.15, 0.2) is 89.9 Å². The maximum absolute atomic E-state index is 14.4. The Morgan fingerprint density at radius 2 is 1.45 bits per heavy atom. The zero-order valence-corrected chi connectivity index (χ0v) is 20.7. The van der Waals surface area contributed by atoms with Gasteiger partial charge in [0.05, 0.1) is 11.4 Å². The average Bonchev–Trinajstić information content (AvgIpc) is 3.10. The second-order valence-electron chi connectivity index (χ2n) is 8.87. The third kappa shape index (κ3) is 5.53. The summed E-state index contributed by atoms with van der Waals surface area (Å²) in [6.45, 7) is 0. The lowest BCUT2D eigenvalue weighted by Gasteiger charge is -2.22. The van der Waals surface area contributed by atoms with Crippen LogP contribution in [0.4, 0.5) is 28.9 Å². The molecule has 3 aromatic carbocycles. The molecule has 2 heterocycles. The maximum Gasteiger partial charge on any atom is 0.269 e. The molecule has 4 aromatic rings. The van der Waals surface area contributed by atoms with E-state index in [9.17, 15) is 27.2 Å². The van der Waals surface area contributed by atoms with Gasteiger partial charge in [-0.25, -0.2) is 4.99 Å². The van der Waals surface area contributed by atoms with Gasteiger partial charge in [0.1, 0.15) is 11.7 Å². The van der Waals surface area contributed by atoms with Crippen molar-refractivity contribution in [1.29, 1.82) is 0 Å².